The number of aryl methyl sites for hydroxylation is 1. The van der Waals surface area contributed by atoms with E-state index >= 15 is 0 Å². The fourth-order valence-electron chi connectivity index (χ4n) is 3.43. The predicted octanol–water partition coefficient (Wildman–Crippen LogP) is 4.50. The van der Waals surface area contributed by atoms with E-state index in [2.05, 4.69) is 10.6 Å². The Hall–Kier alpha value is -4.01. The summed E-state index contributed by atoms with van der Waals surface area (Å²) in [6.45, 7) is 1.60. The standard InChI is InChI=1S/C26H20ClN3O4S/c1-16-7-5-6-10-21(16)28-23(31)15-34-22-12-11-18(27)13-17(22)14-20-24(32)29-26(35)30(25(20)33)19-8-3-2-4-9-19/h2-14H,15H2,1H3,(H,28,31)(H,29,32,35)/b20-14-. The number of amides is 3. The van der Waals surface area contributed by atoms with Gasteiger partial charge >= 0.3 is 0 Å². The monoisotopic (exact) mass is 505 g/mol. The fraction of sp³-hybridized carbons (Fsp3) is 0.0769. The molecule has 1 saturated heterocycles. The van der Waals surface area contributed by atoms with Gasteiger partial charge in [-0.2, -0.15) is 0 Å². The molecule has 1 aliphatic heterocycles. The van der Waals surface area contributed by atoms with Crippen LogP contribution < -0.4 is 20.3 Å². The number of anilines is 2. The van der Waals surface area contributed by atoms with Crippen LogP contribution in [0.5, 0.6) is 5.75 Å². The van der Waals surface area contributed by atoms with Gasteiger partial charge in [-0.15, -0.1) is 0 Å². The number of nitrogens with one attached hydrogen (secondary N) is 2. The molecule has 0 unspecified atom stereocenters. The second-order valence-corrected chi connectivity index (χ2v) is 8.45. The van der Waals surface area contributed by atoms with Crippen molar-refractivity contribution in [2.24, 2.45) is 0 Å². The van der Waals surface area contributed by atoms with E-state index in [0.29, 0.717) is 22.0 Å². The first-order valence-corrected chi connectivity index (χ1v) is 11.4. The lowest BCUT2D eigenvalue weighted by molar-refractivity contribution is -0.122. The van der Waals surface area contributed by atoms with Gasteiger partial charge in [0.1, 0.15) is 11.3 Å². The van der Waals surface area contributed by atoms with E-state index in [1.54, 1.807) is 54.6 Å². The van der Waals surface area contributed by atoms with Gasteiger partial charge in [-0.05, 0) is 67.2 Å². The van der Waals surface area contributed by atoms with Crippen molar-refractivity contribution in [3.63, 3.8) is 0 Å². The number of rotatable bonds is 6. The molecule has 1 heterocycles. The molecule has 1 aliphatic rings. The van der Waals surface area contributed by atoms with Crippen LogP contribution in [0.1, 0.15) is 11.1 Å². The first kappa shape index (κ1) is 24.1. The van der Waals surface area contributed by atoms with Gasteiger partial charge in [-0.3, -0.25) is 24.6 Å². The van der Waals surface area contributed by atoms with Crippen LogP contribution in [-0.2, 0) is 14.4 Å². The lowest BCUT2D eigenvalue weighted by atomic mass is 10.1. The lowest BCUT2D eigenvalue weighted by Gasteiger charge is -2.29. The number of ether oxygens (including phenoxy) is 1. The third-order valence-electron chi connectivity index (χ3n) is 5.17. The van der Waals surface area contributed by atoms with Crippen LogP contribution in [0.25, 0.3) is 6.08 Å². The maximum atomic E-state index is 13.2. The Morgan fingerprint density at radius 3 is 2.54 bits per heavy atom. The van der Waals surface area contributed by atoms with Crippen molar-refractivity contribution in [1.29, 1.82) is 0 Å². The molecule has 4 rings (SSSR count). The van der Waals surface area contributed by atoms with E-state index in [1.807, 2.05) is 25.1 Å². The van der Waals surface area contributed by atoms with Crippen molar-refractivity contribution in [2.75, 3.05) is 16.8 Å². The van der Waals surface area contributed by atoms with Crippen LogP contribution >= 0.6 is 23.8 Å². The van der Waals surface area contributed by atoms with Gasteiger partial charge < -0.3 is 10.1 Å². The molecule has 0 aromatic heterocycles. The van der Waals surface area contributed by atoms with E-state index in [4.69, 9.17) is 28.6 Å². The number of thiocarbonyl (C=S) groups is 1. The molecular weight excluding hydrogens is 486 g/mol. The summed E-state index contributed by atoms with van der Waals surface area (Å²) in [5.41, 5.74) is 2.32. The minimum Gasteiger partial charge on any atom is -0.483 e. The predicted molar refractivity (Wildman–Crippen MR) is 139 cm³/mol. The molecule has 3 aromatic rings. The molecule has 0 bridgehead atoms. The molecule has 0 spiro atoms. The summed E-state index contributed by atoms with van der Waals surface area (Å²) in [6.07, 6.45) is 1.37. The molecule has 3 amide bonds. The number of benzene rings is 3. The van der Waals surface area contributed by atoms with Gasteiger partial charge in [0.2, 0.25) is 0 Å². The molecule has 176 valence electrons. The van der Waals surface area contributed by atoms with Gasteiger partial charge in [0, 0.05) is 16.3 Å². The Balaban J connectivity index is 1.58. The zero-order valence-electron chi connectivity index (χ0n) is 18.6. The molecule has 3 aromatic carbocycles. The van der Waals surface area contributed by atoms with Gasteiger partial charge in [-0.25, -0.2) is 0 Å². The molecule has 1 fully saturated rings. The number of nitrogens with zero attached hydrogens (tertiary/aromatic N) is 1. The molecule has 0 aliphatic carbocycles. The molecule has 0 atom stereocenters. The van der Waals surface area contributed by atoms with Crippen molar-refractivity contribution >= 4 is 64.1 Å². The maximum Gasteiger partial charge on any atom is 0.270 e. The van der Waals surface area contributed by atoms with Crippen LogP contribution in [-0.4, -0.2) is 29.4 Å². The maximum absolute atomic E-state index is 13.2. The van der Waals surface area contributed by atoms with Crippen molar-refractivity contribution in [3.8, 4) is 5.75 Å². The summed E-state index contributed by atoms with van der Waals surface area (Å²) in [5, 5.41) is 5.68. The summed E-state index contributed by atoms with van der Waals surface area (Å²) in [6, 6.07) is 20.8. The van der Waals surface area contributed by atoms with Gasteiger partial charge in [0.15, 0.2) is 11.7 Å². The van der Waals surface area contributed by atoms with E-state index in [0.717, 1.165) is 5.56 Å². The van der Waals surface area contributed by atoms with Crippen molar-refractivity contribution < 1.29 is 19.1 Å². The fourth-order valence-corrected chi connectivity index (χ4v) is 3.89. The minimum atomic E-state index is -0.643. The van der Waals surface area contributed by atoms with Crippen molar-refractivity contribution in [3.05, 3.63) is 94.5 Å². The third-order valence-corrected chi connectivity index (χ3v) is 5.69. The molecule has 2 N–H and O–H groups in total. The summed E-state index contributed by atoms with van der Waals surface area (Å²) in [7, 11) is 0. The number of carbonyl (C=O) groups excluding carboxylic acids is 3. The molecular formula is C26H20ClN3O4S. The molecule has 0 radical (unpaired) electrons. The van der Waals surface area contributed by atoms with Gasteiger partial charge in [0.05, 0.1) is 5.69 Å². The first-order chi connectivity index (χ1) is 16.8. The highest BCUT2D eigenvalue weighted by Crippen LogP contribution is 2.28. The van der Waals surface area contributed by atoms with Crippen molar-refractivity contribution in [2.45, 2.75) is 6.92 Å². The highest BCUT2D eigenvalue weighted by Gasteiger charge is 2.34. The largest absolute Gasteiger partial charge is 0.483 e. The Labute approximate surface area is 212 Å². The molecule has 35 heavy (non-hydrogen) atoms. The third kappa shape index (κ3) is 5.56. The number of hydrogen-bond acceptors (Lipinski definition) is 5. The van der Waals surface area contributed by atoms with Crippen molar-refractivity contribution in [1.82, 2.24) is 5.32 Å². The second-order valence-electron chi connectivity index (χ2n) is 7.63. The summed E-state index contributed by atoms with van der Waals surface area (Å²) >= 11 is 11.4. The highest BCUT2D eigenvalue weighted by atomic mass is 35.5. The summed E-state index contributed by atoms with van der Waals surface area (Å²) < 4.78 is 5.71. The number of halogens is 1. The number of hydrogen-bond donors (Lipinski definition) is 2. The van der Waals surface area contributed by atoms with Gasteiger partial charge in [-0.1, -0.05) is 48.0 Å². The lowest BCUT2D eigenvalue weighted by Crippen LogP contribution is -2.54. The molecule has 7 nitrogen and oxygen atoms in total. The summed E-state index contributed by atoms with van der Waals surface area (Å²) in [4.78, 5) is 39.5. The van der Waals surface area contributed by atoms with Crippen LogP contribution in [0.3, 0.4) is 0 Å². The molecule has 9 heteroatoms. The highest BCUT2D eigenvalue weighted by molar-refractivity contribution is 7.80. The average Bonchev–Trinajstić information content (AvgIpc) is 2.83. The number of para-hydroxylation sites is 2. The summed E-state index contributed by atoms with van der Waals surface area (Å²) in [5.74, 6) is -1.31. The first-order valence-electron chi connectivity index (χ1n) is 10.6. The van der Waals surface area contributed by atoms with Crippen LogP contribution in [0.2, 0.25) is 5.02 Å². The van der Waals surface area contributed by atoms with Crippen LogP contribution in [0.15, 0.2) is 78.4 Å². The minimum absolute atomic E-state index is 0.0150. The average molecular weight is 506 g/mol. The quantitative estimate of drug-likeness (QED) is 0.292. The van der Waals surface area contributed by atoms with E-state index in [9.17, 15) is 14.4 Å². The Kier molecular flexibility index (Phi) is 7.24. The van der Waals surface area contributed by atoms with E-state index in [1.165, 1.54) is 11.0 Å². The smallest absolute Gasteiger partial charge is 0.270 e. The Morgan fingerprint density at radius 2 is 1.80 bits per heavy atom. The van der Waals surface area contributed by atoms with Crippen LogP contribution in [0.4, 0.5) is 11.4 Å². The topological polar surface area (TPSA) is 87.7 Å². The SMILES string of the molecule is Cc1ccccc1NC(=O)COc1ccc(Cl)cc1/C=C1/C(=O)NC(=S)N(c2ccccc2)C1=O. The second kappa shape index (κ2) is 10.5. The van der Waals surface area contributed by atoms with E-state index in [-0.39, 0.29) is 28.9 Å². The molecule has 0 saturated carbocycles. The zero-order chi connectivity index (χ0) is 24.9. The zero-order valence-corrected chi connectivity index (χ0v) is 20.2. The normalized spacial score (nSPS) is 14.6. The van der Waals surface area contributed by atoms with Crippen LogP contribution in [0, 0.1) is 6.92 Å². The van der Waals surface area contributed by atoms with E-state index < -0.39 is 11.8 Å². The Morgan fingerprint density at radius 1 is 1.09 bits per heavy atom. The number of carbonyl (C=O) groups is 3. The Bertz CT molecular complexity index is 1360. The van der Waals surface area contributed by atoms with Gasteiger partial charge in [0.25, 0.3) is 17.7 Å².